The fourth-order valence-electron chi connectivity index (χ4n) is 1.55. The topological polar surface area (TPSA) is 85.8 Å². The summed E-state index contributed by atoms with van der Waals surface area (Å²) in [6.07, 6.45) is 5.14. The molecule has 7 heteroatoms. The van der Waals surface area contributed by atoms with Crippen LogP contribution in [0.25, 0.3) is 0 Å². The van der Waals surface area contributed by atoms with E-state index in [0.29, 0.717) is 24.6 Å². The standard InChI is InChI=1S/C11H15N5O2/c1-8(2)16-6-5-13-10(11(16)17)12-4-3-9-14-7-18-15-9/h5-8H,3-4H2,1-2H3,(H,12,13). The van der Waals surface area contributed by atoms with Crippen LogP contribution in [0.4, 0.5) is 5.82 Å². The van der Waals surface area contributed by atoms with Crippen LogP contribution in [0.1, 0.15) is 25.7 Å². The predicted octanol–water partition coefficient (Wildman–Crippen LogP) is 0.862. The summed E-state index contributed by atoms with van der Waals surface area (Å²) in [5.74, 6) is 0.942. The first kappa shape index (κ1) is 12.3. The number of aromatic nitrogens is 4. The fraction of sp³-hybridized carbons (Fsp3) is 0.455. The number of anilines is 1. The smallest absolute Gasteiger partial charge is 0.293 e. The summed E-state index contributed by atoms with van der Waals surface area (Å²) in [5.41, 5.74) is -0.124. The largest absolute Gasteiger partial charge is 0.365 e. The second-order valence-electron chi connectivity index (χ2n) is 4.11. The van der Waals surface area contributed by atoms with E-state index in [1.807, 2.05) is 13.8 Å². The summed E-state index contributed by atoms with van der Waals surface area (Å²) in [6, 6.07) is 0.109. The number of hydrogen-bond donors (Lipinski definition) is 1. The Bertz CT molecular complexity index is 547. The number of hydrogen-bond acceptors (Lipinski definition) is 6. The summed E-state index contributed by atoms with van der Waals surface area (Å²) in [5, 5.41) is 6.67. The normalized spacial score (nSPS) is 10.8. The zero-order valence-corrected chi connectivity index (χ0v) is 10.3. The van der Waals surface area contributed by atoms with Crippen LogP contribution in [0.3, 0.4) is 0 Å². The number of rotatable bonds is 5. The lowest BCUT2D eigenvalue weighted by molar-refractivity contribution is 0.410. The molecule has 0 bridgehead atoms. The van der Waals surface area contributed by atoms with Crippen molar-refractivity contribution in [3.8, 4) is 0 Å². The summed E-state index contributed by atoms with van der Waals surface area (Å²) >= 11 is 0. The molecule has 2 aromatic rings. The average molecular weight is 249 g/mol. The molecule has 2 aromatic heterocycles. The lowest BCUT2D eigenvalue weighted by Gasteiger charge is -2.11. The quantitative estimate of drug-likeness (QED) is 0.845. The van der Waals surface area contributed by atoms with Gasteiger partial charge in [0.05, 0.1) is 0 Å². The van der Waals surface area contributed by atoms with Gasteiger partial charge >= 0.3 is 0 Å². The summed E-state index contributed by atoms with van der Waals surface area (Å²) < 4.78 is 6.25. The van der Waals surface area contributed by atoms with Gasteiger partial charge in [0.15, 0.2) is 11.6 Å². The average Bonchev–Trinajstić information content (AvgIpc) is 2.84. The van der Waals surface area contributed by atoms with E-state index < -0.39 is 0 Å². The molecule has 0 fully saturated rings. The molecule has 2 heterocycles. The van der Waals surface area contributed by atoms with Crippen molar-refractivity contribution in [1.29, 1.82) is 0 Å². The van der Waals surface area contributed by atoms with E-state index in [2.05, 4.69) is 25.0 Å². The molecule has 0 saturated heterocycles. The minimum absolute atomic E-state index is 0.109. The van der Waals surface area contributed by atoms with Gasteiger partial charge in [-0.15, -0.1) is 0 Å². The van der Waals surface area contributed by atoms with E-state index >= 15 is 0 Å². The van der Waals surface area contributed by atoms with Crippen molar-refractivity contribution in [1.82, 2.24) is 19.7 Å². The number of nitrogens with zero attached hydrogens (tertiary/aromatic N) is 4. The van der Waals surface area contributed by atoms with E-state index in [1.165, 1.54) is 6.39 Å². The Hall–Kier alpha value is -2.18. The Morgan fingerprint density at radius 2 is 2.28 bits per heavy atom. The highest BCUT2D eigenvalue weighted by atomic mass is 16.5. The third-order valence-corrected chi connectivity index (χ3v) is 2.47. The molecule has 0 aliphatic heterocycles. The van der Waals surface area contributed by atoms with E-state index in [1.54, 1.807) is 17.0 Å². The van der Waals surface area contributed by atoms with Gasteiger partial charge in [-0.05, 0) is 13.8 Å². The van der Waals surface area contributed by atoms with Crippen molar-refractivity contribution < 1.29 is 4.52 Å². The molecule has 1 N–H and O–H groups in total. The van der Waals surface area contributed by atoms with Crippen LogP contribution in [0.15, 0.2) is 28.1 Å². The highest BCUT2D eigenvalue weighted by Gasteiger charge is 2.07. The van der Waals surface area contributed by atoms with Gasteiger partial charge in [0.25, 0.3) is 5.56 Å². The zero-order chi connectivity index (χ0) is 13.0. The molecule has 0 saturated carbocycles. The van der Waals surface area contributed by atoms with Gasteiger partial charge in [0.1, 0.15) is 0 Å². The summed E-state index contributed by atoms with van der Waals surface area (Å²) in [7, 11) is 0. The molecule has 96 valence electrons. The fourth-order valence-corrected chi connectivity index (χ4v) is 1.55. The molecule has 0 spiro atoms. The molecule has 0 aliphatic carbocycles. The molecule has 18 heavy (non-hydrogen) atoms. The minimum Gasteiger partial charge on any atom is -0.365 e. The maximum absolute atomic E-state index is 12.0. The van der Waals surface area contributed by atoms with Gasteiger partial charge in [-0.25, -0.2) is 4.98 Å². The molecule has 0 aromatic carbocycles. The number of nitrogens with one attached hydrogen (secondary N) is 1. The third kappa shape index (κ3) is 2.73. The summed E-state index contributed by atoms with van der Waals surface area (Å²) in [4.78, 5) is 19.9. The van der Waals surface area contributed by atoms with Crippen LogP contribution in [0.5, 0.6) is 0 Å². The highest BCUT2D eigenvalue weighted by molar-refractivity contribution is 5.30. The lowest BCUT2D eigenvalue weighted by atomic mass is 10.3. The van der Waals surface area contributed by atoms with E-state index in [0.717, 1.165) is 0 Å². The van der Waals surface area contributed by atoms with E-state index in [9.17, 15) is 4.79 Å². The third-order valence-electron chi connectivity index (χ3n) is 2.47. The van der Waals surface area contributed by atoms with Crippen molar-refractivity contribution in [3.63, 3.8) is 0 Å². The van der Waals surface area contributed by atoms with Gasteiger partial charge in [0.2, 0.25) is 6.39 Å². The van der Waals surface area contributed by atoms with Gasteiger partial charge in [-0.1, -0.05) is 5.16 Å². The van der Waals surface area contributed by atoms with Gasteiger partial charge in [-0.3, -0.25) is 4.79 Å². The molecule has 7 nitrogen and oxygen atoms in total. The SMILES string of the molecule is CC(C)n1ccnc(NCCc2ncon2)c1=O. The predicted molar refractivity (Wildman–Crippen MR) is 65.4 cm³/mol. The Morgan fingerprint density at radius 1 is 1.44 bits per heavy atom. The van der Waals surface area contributed by atoms with Crippen LogP contribution < -0.4 is 10.9 Å². The minimum atomic E-state index is -0.124. The van der Waals surface area contributed by atoms with Gasteiger partial charge in [-0.2, -0.15) is 4.98 Å². The Balaban J connectivity index is 2.01. The van der Waals surface area contributed by atoms with Crippen molar-refractivity contribution in [2.45, 2.75) is 26.3 Å². The second-order valence-corrected chi connectivity index (χ2v) is 4.11. The van der Waals surface area contributed by atoms with Crippen LogP contribution in [-0.4, -0.2) is 26.2 Å². The van der Waals surface area contributed by atoms with E-state index in [-0.39, 0.29) is 11.6 Å². The Kier molecular flexibility index (Phi) is 3.71. The maximum Gasteiger partial charge on any atom is 0.293 e. The second kappa shape index (κ2) is 5.44. The molecule has 0 unspecified atom stereocenters. The Morgan fingerprint density at radius 3 is 2.94 bits per heavy atom. The van der Waals surface area contributed by atoms with Crippen LogP contribution >= 0.6 is 0 Å². The Labute approximate surface area is 104 Å². The van der Waals surface area contributed by atoms with Gasteiger partial charge < -0.3 is 14.4 Å². The lowest BCUT2D eigenvalue weighted by Crippen LogP contribution is -2.26. The van der Waals surface area contributed by atoms with Crippen molar-refractivity contribution in [2.24, 2.45) is 0 Å². The van der Waals surface area contributed by atoms with Crippen molar-refractivity contribution in [3.05, 3.63) is 35.0 Å². The highest BCUT2D eigenvalue weighted by Crippen LogP contribution is 2.01. The maximum atomic E-state index is 12.0. The molecule has 0 atom stereocenters. The molecule has 0 amide bonds. The zero-order valence-electron chi connectivity index (χ0n) is 10.3. The first-order chi connectivity index (χ1) is 8.68. The van der Waals surface area contributed by atoms with Crippen molar-refractivity contribution in [2.75, 3.05) is 11.9 Å². The molecule has 0 aliphatic rings. The monoisotopic (exact) mass is 249 g/mol. The first-order valence-corrected chi connectivity index (χ1v) is 5.74. The van der Waals surface area contributed by atoms with Crippen LogP contribution in [-0.2, 0) is 6.42 Å². The van der Waals surface area contributed by atoms with Gasteiger partial charge in [0, 0.05) is 31.4 Å². The molecular weight excluding hydrogens is 234 g/mol. The van der Waals surface area contributed by atoms with Crippen LogP contribution in [0.2, 0.25) is 0 Å². The first-order valence-electron chi connectivity index (χ1n) is 5.74. The molecule has 0 radical (unpaired) electrons. The van der Waals surface area contributed by atoms with Crippen molar-refractivity contribution >= 4 is 5.82 Å². The summed E-state index contributed by atoms with van der Waals surface area (Å²) in [6.45, 7) is 4.43. The van der Waals surface area contributed by atoms with Crippen LogP contribution in [0, 0.1) is 0 Å². The molecule has 2 rings (SSSR count). The molecular formula is C11H15N5O2. The van der Waals surface area contributed by atoms with E-state index in [4.69, 9.17) is 0 Å².